The van der Waals surface area contributed by atoms with Crippen molar-refractivity contribution in [3.05, 3.63) is 78.4 Å². The Bertz CT molecular complexity index is 1180. The SMILES string of the molecule is Fc1cc(Nc2nccc(Nc3ccc4ncccc4c3)n2)cc(C(F)(F)F)c1. The van der Waals surface area contributed by atoms with Gasteiger partial charge >= 0.3 is 6.18 Å². The van der Waals surface area contributed by atoms with Gasteiger partial charge in [0.25, 0.3) is 0 Å². The molecule has 0 fully saturated rings. The Hall–Kier alpha value is -3.75. The van der Waals surface area contributed by atoms with Crippen molar-refractivity contribution in [2.24, 2.45) is 0 Å². The first-order valence-corrected chi connectivity index (χ1v) is 8.46. The summed E-state index contributed by atoms with van der Waals surface area (Å²) in [6, 6.07) is 13.1. The molecule has 0 amide bonds. The van der Waals surface area contributed by atoms with Gasteiger partial charge in [-0.1, -0.05) is 6.07 Å². The lowest BCUT2D eigenvalue weighted by Crippen LogP contribution is -2.07. The molecule has 2 N–H and O–H groups in total. The molecule has 0 aliphatic rings. The lowest BCUT2D eigenvalue weighted by molar-refractivity contribution is -0.137. The van der Waals surface area contributed by atoms with Crippen LogP contribution in [0, 0.1) is 5.82 Å². The molecular formula is C20H13F4N5. The molecule has 9 heteroatoms. The number of halogens is 4. The summed E-state index contributed by atoms with van der Waals surface area (Å²) in [7, 11) is 0. The van der Waals surface area contributed by atoms with Crippen molar-refractivity contribution in [3.63, 3.8) is 0 Å². The van der Waals surface area contributed by atoms with Gasteiger partial charge < -0.3 is 10.6 Å². The molecule has 0 aliphatic carbocycles. The number of anilines is 4. The minimum absolute atomic E-state index is 0.0242. The zero-order chi connectivity index (χ0) is 20.4. The van der Waals surface area contributed by atoms with E-state index in [2.05, 4.69) is 25.6 Å². The molecule has 4 aromatic rings. The highest BCUT2D eigenvalue weighted by atomic mass is 19.4. The van der Waals surface area contributed by atoms with Crippen LogP contribution in [-0.2, 0) is 6.18 Å². The summed E-state index contributed by atoms with van der Waals surface area (Å²) in [5, 5.41) is 6.63. The first-order chi connectivity index (χ1) is 13.9. The fourth-order valence-corrected chi connectivity index (χ4v) is 2.74. The lowest BCUT2D eigenvalue weighted by atomic mass is 10.2. The van der Waals surface area contributed by atoms with Crippen LogP contribution in [0.15, 0.2) is 67.0 Å². The normalized spacial score (nSPS) is 11.4. The van der Waals surface area contributed by atoms with E-state index in [9.17, 15) is 17.6 Å². The van der Waals surface area contributed by atoms with Crippen LogP contribution in [0.3, 0.4) is 0 Å². The Kier molecular flexibility index (Phi) is 4.71. The maximum Gasteiger partial charge on any atom is 0.416 e. The van der Waals surface area contributed by atoms with E-state index in [1.165, 1.54) is 6.20 Å². The van der Waals surface area contributed by atoms with Gasteiger partial charge in [0.2, 0.25) is 5.95 Å². The van der Waals surface area contributed by atoms with E-state index >= 15 is 0 Å². The number of nitrogens with one attached hydrogen (secondary N) is 2. The van der Waals surface area contributed by atoms with E-state index in [0.29, 0.717) is 11.9 Å². The Morgan fingerprint density at radius 1 is 0.793 bits per heavy atom. The lowest BCUT2D eigenvalue weighted by Gasteiger charge is -2.11. The molecule has 0 aliphatic heterocycles. The summed E-state index contributed by atoms with van der Waals surface area (Å²) in [4.78, 5) is 12.4. The van der Waals surface area contributed by atoms with Crippen LogP contribution in [0.1, 0.15) is 5.56 Å². The molecule has 29 heavy (non-hydrogen) atoms. The maximum atomic E-state index is 13.6. The van der Waals surface area contributed by atoms with E-state index in [0.717, 1.165) is 28.7 Å². The fourth-order valence-electron chi connectivity index (χ4n) is 2.74. The standard InChI is InChI=1S/C20H13F4N5/c21-14-9-13(20(22,23)24)10-16(11-14)28-19-26-7-5-18(29-19)27-15-3-4-17-12(8-15)2-1-6-25-17/h1-11H,(H2,26,27,28,29). The number of alkyl halides is 3. The number of fused-ring (bicyclic) bond motifs is 1. The number of aromatic nitrogens is 3. The van der Waals surface area contributed by atoms with Gasteiger partial charge in [-0.05, 0) is 48.5 Å². The molecule has 0 bridgehead atoms. The monoisotopic (exact) mass is 399 g/mol. The van der Waals surface area contributed by atoms with E-state index in [1.807, 2.05) is 30.3 Å². The van der Waals surface area contributed by atoms with Gasteiger partial charge in [-0.2, -0.15) is 18.2 Å². The number of pyridine rings is 1. The van der Waals surface area contributed by atoms with E-state index in [1.54, 1.807) is 12.3 Å². The van der Waals surface area contributed by atoms with Crippen LogP contribution in [-0.4, -0.2) is 15.0 Å². The number of benzene rings is 2. The van der Waals surface area contributed by atoms with Crippen molar-refractivity contribution in [1.82, 2.24) is 15.0 Å². The molecule has 0 spiro atoms. The Labute approximate surface area is 162 Å². The van der Waals surface area contributed by atoms with Crippen LogP contribution in [0.2, 0.25) is 0 Å². The number of nitrogens with zero attached hydrogens (tertiary/aromatic N) is 3. The van der Waals surface area contributed by atoms with Crippen molar-refractivity contribution in [1.29, 1.82) is 0 Å². The average Bonchev–Trinajstić information content (AvgIpc) is 2.67. The van der Waals surface area contributed by atoms with Crippen molar-refractivity contribution in [2.75, 3.05) is 10.6 Å². The average molecular weight is 399 g/mol. The Morgan fingerprint density at radius 3 is 2.48 bits per heavy atom. The van der Waals surface area contributed by atoms with E-state index < -0.39 is 17.6 Å². The molecule has 0 radical (unpaired) electrons. The largest absolute Gasteiger partial charge is 0.416 e. The molecule has 2 aromatic carbocycles. The van der Waals surface area contributed by atoms with Gasteiger partial charge in [0.1, 0.15) is 11.6 Å². The molecular weight excluding hydrogens is 386 g/mol. The van der Waals surface area contributed by atoms with Crippen LogP contribution in [0.5, 0.6) is 0 Å². The molecule has 0 atom stereocenters. The summed E-state index contributed by atoms with van der Waals surface area (Å²) in [6.45, 7) is 0. The second-order valence-corrected chi connectivity index (χ2v) is 6.15. The van der Waals surface area contributed by atoms with Crippen LogP contribution >= 0.6 is 0 Å². The zero-order valence-corrected chi connectivity index (χ0v) is 14.7. The third-order valence-electron chi connectivity index (χ3n) is 4.01. The van der Waals surface area contributed by atoms with Crippen molar-refractivity contribution in [3.8, 4) is 0 Å². The summed E-state index contributed by atoms with van der Waals surface area (Å²) in [5.41, 5.74) is 0.389. The highest BCUT2D eigenvalue weighted by molar-refractivity contribution is 5.83. The van der Waals surface area contributed by atoms with E-state index in [4.69, 9.17) is 0 Å². The minimum Gasteiger partial charge on any atom is -0.340 e. The van der Waals surface area contributed by atoms with Crippen molar-refractivity contribution >= 4 is 34.0 Å². The summed E-state index contributed by atoms with van der Waals surface area (Å²) in [6.07, 6.45) is -1.52. The first-order valence-electron chi connectivity index (χ1n) is 8.46. The number of rotatable bonds is 4. The molecule has 5 nitrogen and oxygen atoms in total. The summed E-state index contributed by atoms with van der Waals surface area (Å²) < 4.78 is 52.1. The number of hydrogen-bond donors (Lipinski definition) is 2. The van der Waals surface area contributed by atoms with E-state index in [-0.39, 0.29) is 11.6 Å². The summed E-state index contributed by atoms with van der Waals surface area (Å²) >= 11 is 0. The van der Waals surface area contributed by atoms with Crippen LogP contribution in [0.4, 0.5) is 40.7 Å². The molecule has 0 saturated carbocycles. The van der Waals surface area contributed by atoms with Gasteiger partial charge in [-0.25, -0.2) is 9.37 Å². The first kappa shape index (κ1) is 18.6. The molecule has 4 rings (SSSR count). The smallest absolute Gasteiger partial charge is 0.340 e. The third-order valence-corrected chi connectivity index (χ3v) is 4.01. The number of hydrogen-bond acceptors (Lipinski definition) is 5. The quantitative estimate of drug-likeness (QED) is 0.433. The molecule has 0 unspecified atom stereocenters. The van der Waals surface area contributed by atoms with Crippen LogP contribution < -0.4 is 10.6 Å². The van der Waals surface area contributed by atoms with Gasteiger partial charge in [-0.15, -0.1) is 0 Å². The Balaban J connectivity index is 1.56. The van der Waals surface area contributed by atoms with Crippen molar-refractivity contribution < 1.29 is 17.6 Å². The minimum atomic E-state index is -4.66. The summed E-state index contributed by atoms with van der Waals surface area (Å²) in [5.74, 6) is -0.573. The zero-order valence-electron chi connectivity index (χ0n) is 14.7. The topological polar surface area (TPSA) is 62.7 Å². The predicted molar refractivity (Wildman–Crippen MR) is 102 cm³/mol. The predicted octanol–water partition coefficient (Wildman–Crippen LogP) is 5.67. The maximum absolute atomic E-state index is 13.6. The Morgan fingerprint density at radius 2 is 1.66 bits per heavy atom. The van der Waals surface area contributed by atoms with Crippen LogP contribution in [0.25, 0.3) is 10.9 Å². The molecule has 146 valence electrons. The second-order valence-electron chi connectivity index (χ2n) is 6.15. The highest BCUT2D eigenvalue weighted by Crippen LogP contribution is 2.32. The molecule has 2 aromatic heterocycles. The molecule has 0 saturated heterocycles. The second kappa shape index (κ2) is 7.34. The van der Waals surface area contributed by atoms with Crippen molar-refractivity contribution in [2.45, 2.75) is 6.18 Å². The van der Waals surface area contributed by atoms with Gasteiger partial charge in [-0.3, -0.25) is 4.98 Å². The third kappa shape index (κ3) is 4.40. The molecule has 2 heterocycles. The highest BCUT2D eigenvalue weighted by Gasteiger charge is 2.31. The van der Waals surface area contributed by atoms with Gasteiger partial charge in [0.15, 0.2) is 0 Å². The van der Waals surface area contributed by atoms with Gasteiger partial charge in [0, 0.05) is 29.2 Å². The van der Waals surface area contributed by atoms with Gasteiger partial charge in [0.05, 0.1) is 11.1 Å². The fraction of sp³-hybridized carbons (Fsp3) is 0.0500.